The highest BCUT2D eigenvalue weighted by atomic mass is 16.7. The van der Waals surface area contributed by atoms with Gasteiger partial charge in [-0.3, -0.25) is 4.90 Å². The predicted molar refractivity (Wildman–Crippen MR) is 168 cm³/mol. The number of rotatable bonds is 4. The molecule has 11 nitrogen and oxygen atoms in total. The smallest absolute Gasteiger partial charge is 0.338 e. The Bertz CT molecular complexity index is 1450. The fourth-order valence-corrected chi connectivity index (χ4v) is 12.7. The van der Waals surface area contributed by atoms with Crippen molar-refractivity contribution in [1.29, 1.82) is 0 Å². The van der Waals surface area contributed by atoms with Crippen LogP contribution in [0.25, 0.3) is 0 Å². The first-order valence-electron chi connectivity index (χ1n) is 17.6. The van der Waals surface area contributed by atoms with Gasteiger partial charge in [-0.1, -0.05) is 13.8 Å². The number of piperidine rings is 2. The van der Waals surface area contributed by atoms with Crippen LogP contribution in [0.3, 0.4) is 0 Å². The molecule has 15 atom stereocenters. The van der Waals surface area contributed by atoms with Crippen molar-refractivity contribution in [2.75, 3.05) is 27.3 Å². The van der Waals surface area contributed by atoms with E-state index in [0.29, 0.717) is 56.1 Å². The van der Waals surface area contributed by atoms with Gasteiger partial charge in [0.25, 0.3) is 0 Å². The number of fused-ring (bicyclic) bond motifs is 5. The Balaban J connectivity index is 1.14. The van der Waals surface area contributed by atoms with E-state index in [-0.39, 0.29) is 23.4 Å². The van der Waals surface area contributed by atoms with Gasteiger partial charge >= 0.3 is 5.97 Å². The molecule has 7 aliphatic rings. The monoisotopic (exact) mass is 657 g/mol. The molecular formula is C36H51NO10. The molecule has 11 heteroatoms. The number of aliphatic hydroxyl groups excluding tert-OH is 2. The van der Waals surface area contributed by atoms with Crippen LogP contribution in [0.5, 0.6) is 11.5 Å². The van der Waals surface area contributed by atoms with Crippen LogP contribution in [0.1, 0.15) is 76.1 Å². The molecule has 47 heavy (non-hydrogen) atoms. The maximum absolute atomic E-state index is 13.5. The molecule has 3 heterocycles. The van der Waals surface area contributed by atoms with E-state index in [1.807, 2.05) is 0 Å². The highest BCUT2D eigenvalue weighted by Crippen LogP contribution is 2.77. The van der Waals surface area contributed by atoms with Crippen molar-refractivity contribution in [1.82, 2.24) is 4.90 Å². The first-order chi connectivity index (χ1) is 22.2. The molecule has 0 radical (unpaired) electrons. The predicted octanol–water partition coefficient (Wildman–Crippen LogP) is 2.10. The van der Waals surface area contributed by atoms with Crippen LogP contribution in [0.4, 0.5) is 0 Å². The van der Waals surface area contributed by atoms with E-state index < -0.39 is 70.0 Å². The molecule has 8 rings (SSSR count). The number of ether oxygens (including phenoxy) is 4. The van der Waals surface area contributed by atoms with E-state index >= 15 is 0 Å². The van der Waals surface area contributed by atoms with Gasteiger partial charge in [-0.2, -0.15) is 0 Å². The van der Waals surface area contributed by atoms with Crippen LogP contribution in [-0.4, -0.2) is 111 Å². The molecule has 260 valence electrons. The Kier molecular flexibility index (Phi) is 7.05. The third-order valence-electron chi connectivity index (χ3n) is 14.7. The first-order valence-corrected chi connectivity index (χ1v) is 17.6. The Morgan fingerprint density at radius 1 is 0.957 bits per heavy atom. The second-order valence-electron chi connectivity index (χ2n) is 16.5. The van der Waals surface area contributed by atoms with Gasteiger partial charge in [0.15, 0.2) is 17.6 Å². The number of esters is 1. The third kappa shape index (κ3) is 3.91. The maximum Gasteiger partial charge on any atom is 0.338 e. The number of nitrogens with zero attached hydrogens (tertiary/aromatic N) is 1. The minimum Gasteiger partial charge on any atom is -0.493 e. The molecule has 4 aliphatic carbocycles. The standard InChI is InChI=1S/C36H51NO10/c1-18-6-11-26-33(3,41)28-20(17-37(26)16-18)21-15-34-25(35(21,42)30(39)29(28)38)10-9-24-32(34,2)13-12-27(36(24,43)47-34)46-31(40)19-7-8-22(44-4)23(14-19)45-5/h7-8,14,18,20-21,24-30,38-39,41-43H,6,9-13,15-17H2,1-5H3/t18-,20-,21-,24?,25?,26-,27-,28+,29+,30-,32-,33+,34-,35-,36+/m0/s1. The van der Waals surface area contributed by atoms with Crippen molar-refractivity contribution in [2.24, 2.45) is 40.9 Å². The number of aliphatic hydroxyl groups is 5. The SMILES string of the molecule is COc1ccc(C(=O)O[C@H]2CC[C@@]3(C)C4CCC5[C@]6(O)[C@@H](O)[C@H](O)[C@H]7[C@@H](CN8C[C@@H](C)CC[C@H]8[C@@]7(C)O)[C@@H]6C[C@]53O[C@]42O)cc1OC. The van der Waals surface area contributed by atoms with E-state index in [2.05, 4.69) is 18.7 Å². The molecule has 4 saturated carbocycles. The van der Waals surface area contributed by atoms with E-state index in [9.17, 15) is 30.3 Å². The fourth-order valence-electron chi connectivity index (χ4n) is 12.7. The Hall–Kier alpha value is -1.99. The lowest BCUT2D eigenvalue weighted by molar-refractivity contribution is -0.290. The third-order valence-corrected chi connectivity index (χ3v) is 14.7. The summed E-state index contributed by atoms with van der Waals surface area (Å²) in [6.07, 6.45) is 0.454. The maximum atomic E-state index is 13.5. The van der Waals surface area contributed by atoms with Crippen LogP contribution in [0.15, 0.2) is 18.2 Å². The van der Waals surface area contributed by atoms with Gasteiger partial charge in [-0.25, -0.2) is 4.79 Å². The van der Waals surface area contributed by atoms with Crippen LogP contribution >= 0.6 is 0 Å². The summed E-state index contributed by atoms with van der Waals surface area (Å²) in [6.45, 7) is 7.60. The lowest BCUT2D eigenvalue weighted by atomic mass is 9.49. The summed E-state index contributed by atoms with van der Waals surface area (Å²) in [4.78, 5) is 15.8. The number of carbonyl (C=O) groups is 1. The molecular weight excluding hydrogens is 606 g/mol. The summed E-state index contributed by atoms with van der Waals surface area (Å²) in [5, 5.41) is 61.1. The van der Waals surface area contributed by atoms with Crippen molar-refractivity contribution in [3.8, 4) is 11.5 Å². The Morgan fingerprint density at radius 2 is 1.68 bits per heavy atom. The van der Waals surface area contributed by atoms with Crippen molar-refractivity contribution in [2.45, 2.75) is 113 Å². The minimum atomic E-state index is -1.79. The molecule has 0 amide bonds. The van der Waals surface area contributed by atoms with Crippen molar-refractivity contribution >= 4 is 5.97 Å². The highest BCUT2D eigenvalue weighted by Gasteiger charge is 2.85. The highest BCUT2D eigenvalue weighted by molar-refractivity contribution is 5.90. The largest absolute Gasteiger partial charge is 0.493 e. The van der Waals surface area contributed by atoms with Crippen LogP contribution < -0.4 is 9.47 Å². The van der Waals surface area contributed by atoms with Crippen molar-refractivity contribution < 1.29 is 49.3 Å². The average molecular weight is 658 g/mol. The Labute approximate surface area is 276 Å². The van der Waals surface area contributed by atoms with Crippen molar-refractivity contribution in [3.05, 3.63) is 23.8 Å². The summed E-state index contributed by atoms with van der Waals surface area (Å²) in [5.41, 5.74) is -4.24. The summed E-state index contributed by atoms with van der Waals surface area (Å²) in [5.74, 6) is -3.32. The Morgan fingerprint density at radius 3 is 2.40 bits per heavy atom. The number of benzene rings is 1. The lowest BCUT2D eigenvalue weighted by Crippen LogP contribution is -2.76. The van der Waals surface area contributed by atoms with Gasteiger partial charge in [-0.15, -0.1) is 0 Å². The molecule has 2 unspecified atom stereocenters. The normalized spacial score (nSPS) is 52.9. The molecule has 1 aromatic carbocycles. The van der Waals surface area contributed by atoms with Crippen LogP contribution in [0.2, 0.25) is 0 Å². The van der Waals surface area contributed by atoms with Gasteiger partial charge < -0.3 is 44.5 Å². The van der Waals surface area contributed by atoms with Gasteiger partial charge in [0.05, 0.1) is 37.1 Å². The van der Waals surface area contributed by atoms with Gasteiger partial charge in [0.1, 0.15) is 11.7 Å². The molecule has 4 bridgehead atoms. The number of hydrogen-bond donors (Lipinski definition) is 5. The second-order valence-corrected chi connectivity index (χ2v) is 16.5. The zero-order chi connectivity index (χ0) is 33.5. The van der Waals surface area contributed by atoms with Gasteiger partial charge in [0.2, 0.25) is 5.79 Å². The molecule has 3 saturated heterocycles. The molecule has 0 aromatic heterocycles. The molecule has 7 fully saturated rings. The molecule has 3 aliphatic heterocycles. The zero-order valence-electron chi connectivity index (χ0n) is 28.1. The topological polar surface area (TPSA) is 158 Å². The number of carbonyl (C=O) groups excluding carboxylic acids is 1. The minimum absolute atomic E-state index is 0.125. The zero-order valence-corrected chi connectivity index (χ0v) is 28.1. The summed E-state index contributed by atoms with van der Waals surface area (Å²) in [6, 6.07) is 4.65. The summed E-state index contributed by atoms with van der Waals surface area (Å²) in [7, 11) is 3.01. The summed E-state index contributed by atoms with van der Waals surface area (Å²) < 4.78 is 23.7. The summed E-state index contributed by atoms with van der Waals surface area (Å²) >= 11 is 0. The van der Waals surface area contributed by atoms with E-state index in [4.69, 9.17) is 18.9 Å². The van der Waals surface area contributed by atoms with Crippen molar-refractivity contribution in [3.63, 3.8) is 0 Å². The van der Waals surface area contributed by atoms with Gasteiger partial charge in [-0.05, 0) is 87.8 Å². The fraction of sp³-hybridized carbons (Fsp3) is 0.806. The second kappa shape index (κ2) is 10.3. The number of hydrogen-bond acceptors (Lipinski definition) is 11. The molecule has 1 aromatic rings. The lowest BCUT2D eigenvalue weighted by Gasteiger charge is -2.63. The van der Waals surface area contributed by atoms with E-state index in [1.54, 1.807) is 25.1 Å². The van der Waals surface area contributed by atoms with E-state index in [0.717, 1.165) is 19.4 Å². The molecule has 1 spiro atoms. The first kappa shape index (κ1) is 32.2. The number of methoxy groups -OCH3 is 2. The van der Waals surface area contributed by atoms with Gasteiger partial charge in [0, 0.05) is 42.3 Å². The van der Waals surface area contributed by atoms with Crippen LogP contribution in [-0.2, 0) is 9.47 Å². The molecule has 5 N–H and O–H groups in total. The van der Waals surface area contributed by atoms with Crippen LogP contribution in [0, 0.1) is 40.9 Å². The quantitative estimate of drug-likeness (QED) is 0.302. The van der Waals surface area contributed by atoms with E-state index in [1.165, 1.54) is 14.2 Å². The average Bonchev–Trinajstić information content (AvgIpc) is 3.28.